The second-order valence-electron chi connectivity index (χ2n) is 35.6. The lowest BCUT2D eigenvalue weighted by Crippen LogP contribution is -2.02. The number of para-hydroxylation sites is 1. The molecule has 0 fully saturated rings. The number of nitrogens with zero attached hydrogens (tertiary/aromatic N) is 8. The van der Waals surface area contributed by atoms with Gasteiger partial charge in [0.05, 0.1) is 33.4 Å². The third-order valence-corrected chi connectivity index (χ3v) is 27.7. The van der Waals surface area contributed by atoms with E-state index in [4.69, 9.17) is 38.7 Å². The van der Waals surface area contributed by atoms with Crippen LogP contribution >= 0.6 is 0 Å². The molecule has 630 valence electrons. The predicted molar refractivity (Wildman–Crippen MR) is 561 cm³/mol. The zero-order valence-corrected chi connectivity index (χ0v) is 73.1. The van der Waals surface area contributed by atoms with Crippen molar-refractivity contribution >= 4 is 152 Å². The molecule has 0 bridgehead atoms. The van der Waals surface area contributed by atoms with Gasteiger partial charge in [0.1, 0.15) is 22.3 Å². The summed E-state index contributed by atoms with van der Waals surface area (Å²) in [5.74, 6) is 3.34. The Balaban J connectivity index is 0.584. The second kappa shape index (κ2) is 30.6. The lowest BCUT2D eigenvalue weighted by atomic mass is 9.97. The van der Waals surface area contributed by atoms with E-state index in [2.05, 4.69) is 434 Å². The SMILES string of the molecule is c1ccc(-c2ccc(-c3nc(-c4ccc(-c5ccccc5)cc4)nc(-c4ccc(-n5c6cc7ccccc7cc6c6ccc7ccccc7c65)c(-c5ccc6oc7cc(-c8ccc9ccc(-c%10nc(-c%11ccc(-n%12c%13cc%14ccccc%14cc%13c%13ccc%14ccccc%14c%13%12)c(-c%12ccc%13oc%14ccccc%14c%13c%12)c%11)nc(-c%11ccc%12ccccc%12c%11)n%10)cc9c8)ccc7c6c5)c4)n3)cc2)cc1. The van der Waals surface area contributed by atoms with Gasteiger partial charge in [0.2, 0.25) is 0 Å². The fraction of sp³-hybridized carbons (Fsp3) is 0. The fourth-order valence-corrected chi connectivity index (χ4v) is 21.0. The number of fused-ring (bicyclic) bond motifs is 20. The average molecular weight is 1730 g/mol. The van der Waals surface area contributed by atoms with Gasteiger partial charge in [0.25, 0.3) is 0 Å². The summed E-state index contributed by atoms with van der Waals surface area (Å²) in [6.07, 6.45) is 0. The van der Waals surface area contributed by atoms with Crippen LogP contribution in [0.2, 0.25) is 0 Å². The van der Waals surface area contributed by atoms with Gasteiger partial charge in [0.15, 0.2) is 34.9 Å². The summed E-state index contributed by atoms with van der Waals surface area (Å²) in [5.41, 5.74) is 25.4. The Morgan fingerprint density at radius 3 is 0.941 bits per heavy atom. The van der Waals surface area contributed by atoms with Crippen LogP contribution in [0, 0.1) is 0 Å². The topological polar surface area (TPSA) is 113 Å². The molecule has 136 heavy (non-hydrogen) atoms. The van der Waals surface area contributed by atoms with Gasteiger partial charge in [-0.15, -0.1) is 0 Å². The molecule has 10 nitrogen and oxygen atoms in total. The maximum atomic E-state index is 7.05. The molecule has 0 saturated heterocycles. The van der Waals surface area contributed by atoms with Crippen LogP contribution in [0.3, 0.4) is 0 Å². The third kappa shape index (κ3) is 12.7. The molecular weight excluding hydrogens is 1660 g/mol. The van der Waals surface area contributed by atoms with Gasteiger partial charge in [0, 0.05) is 98.4 Å². The van der Waals surface area contributed by atoms with Crippen LogP contribution in [0.25, 0.3) is 287 Å². The molecule has 6 aromatic heterocycles. The first-order chi connectivity index (χ1) is 67.3. The minimum Gasteiger partial charge on any atom is -0.456 e. The highest BCUT2D eigenvalue weighted by molar-refractivity contribution is 6.23. The normalized spacial score (nSPS) is 12.0. The number of furan rings is 2. The molecule has 0 saturated carbocycles. The molecule has 28 rings (SSSR count). The lowest BCUT2D eigenvalue weighted by Gasteiger charge is -2.17. The van der Waals surface area contributed by atoms with E-state index in [9.17, 15) is 0 Å². The average Bonchev–Trinajstić information content (AvgIpc) is 1.56. The van der Waals surface area contributed by atoms with Crippen LogP contribution in [0.5, 0.6) is 0 Å². The van der Waals surface area contributed by atoms with E-state index < -0.39 is 0 Å². The van der Waals surface area contributed by atoms with Crippen LogP contribution in [0.4, 0.5) is 0 Å². The highest BCUT2D eigenvalue weighted by Gasteiger charge is 2.27. The highest BCUT2D eigenvalue weighted by atomic mass is 16.3. The summed E-state index contributed by atoms with van der Waals surface area (Å²) in [5, 5.41) is 22.4. The predicted octanol–water partition coefficient (Wildman–Crippen LogP) is 33.3. The Kier molecular flexibility index (Phi) is 17.2. The van der Waals surface area contributed by atoms with E-state index in [1.807, 2.05) is 24.3 Å². The van der Waals surface area contributed by atoms with Crippen LogP contribution in [-0.4, -0.2) is 39.0 Å². The zero-order chi connectivity index (χ0) is 89.2. The molecule has 0 N–H and O–H groups in total. The summed E-state index contributed by atoms with van der Waals surface area (Å²) in [6.45, 7) is 0. The van der Waals surface area contributed by atoms with Crippen molar-refractivity contribution in [3.05, 3.63) is 449 Å². The zero-order valence-electron chi connectivity index (χ0n) is 73.1. The van der Waals surface area contributed by atoms with E-state index >= 15 is 0 Å². The van der Waals surface area contributed by atoms with Crippen molar-refractivity contribution in [3.8, 4) is 135 Å². The summed E-state index contributed by atoms with van der Waals surface area (Å²) in [4.78, 5) is 32.8. The van der Waals surface area contributed by atoms with Gasteiger partial charge in [-0.3, -0.25) is 0 Å². The molecule has 28 aromatic rings. The Morgan fingerprint density at radius 1 is 0.147 bits per heavy atom. The maximum Gasteiger partial charge on any atom is 0.164 e. The first kappa shape index (κ1) is 76.5. The number of benzene rings is 22. The monoisotopic (exact) mass is 1730 g/mol. The Morgan fingerprint density at radius 2 is 0.449 bits per heavy atom. The Hall–Kier alpha value is -18.4. The molecule has 0 aliphatic carbocycles. The highest BCUT2D eigenvalue weighted by Crippen LogP contribution is 2.48. The van der Waals surface area contributed by atoms with E-state index in [1.54, 1.807) is 0 Å². The molecule has 22 aromatic carbocycles. The van der Waals surface area contributed by atoms with Crippen molar-refractivity contribution in [1.29, 1.82) is 0 Å². The van der Waals surface area contributed by atoms with E-state index in [-0.39, 0.29) is 0 Å². The number of hydrogen-bond donors (Lipinski definition) is 0. The third-order valence-electron chi connectivity index (χ3n) is 27.7. The summed E-state index contributed by atoms with van der Waals surface area (Å²) in [7, 11) is 0. The van der Waals surface area contributed by atoms with Crippen LogP contribution in [-0.2, 0) is 0 Å². The van der Waals surface area contributed by atoms with E-state index in [1.165, 1.54) is 48.5 Å². The lowest BCUT2D eigenvalue weighted by molar-refractivity contribution is 0.668. The fourth-order valence-electron chi connectivity index (χ4n) is 21.0. The molecule has 0 aliphatic heterocycles. The minimum absolute atomic E-state index is 0.542. The van der Waals surface area contributed by atoms with Gasteiger partial charge in [-0.1, -0.05) is 328 Å². The largest absolute Gasteiger partial charge is 0.456 e. The summed E-state index contributed by atoms with van der Waals surface area (Å²) in [6, 6.07) is 161. The van der Waals surface area contributed by atoms with Crippen molar-refractivity contribution in [2.75, 3.05) is 0 Å². The van der Waals surface area contributed by atoms with Crippen molar-refractivity contribution in [1.82, 2.24) is 39.0 Å². The van der Waals surface area contributed by atoms with Gasteiger partial charge < -0.3 is 18.0 Å². The van der Waals surface area contributed by atoms with Crippen LogP contribution in [0.1, 0.15) is 0 Å². The van der Waals surface area contributed by atoms with Crippen molar-refractivity contribution < 1.29 is 8.83 Å². The molecule has 0 unspecified atom stereocenters. The first-order valence-corrected chi connectivity index (χ1v) is 46.1. The van der Waals surface area contributed by atoms with Gasteiger partial charge in [-0.2, -0.15) is 0 Å². The molecule has 0 atom stereocenters. The summed E-state index contributed by atoms with van der Waals surface area (Å²) >= 11 is 0. The van der Waals surface area contributed by atoms with Crippen molar-refractivity contribution in [3.63, 3.8) is 0 Å². The molecular formula is C126H74N8O2. The van der Waals surface area contributed by atoms with Crippen molar-refractivity contribution in [2.24, 2.45) is 0 Å². The maximum absolute atomic E-state index is 7.05. The quantitative estimate of drug-likeness (QED) is 0.112. The van der Waals surface area contributed by atoms with Gasteiger partial charge in [-0.05, 0) is 220 Å². The number of rotatable bonds is 13. The molecule has 0 spiro atoms. The Labute approximate surface area is 778 Å². The second-order valence-corrected chi connectivity index (χ2v) is 35.6. The van der Waals surface area contributed by atoms with Crippen LogP contribution in [0.15, 0.2) is 458 Å². The minimum atomic E-state index is 0.542. The molecule has 0 radical (unpaired) electrons. The number of aromatic nitrogens is 8. The molecule has 0 amide bonds. The van der Waals surface area contributed by atoms with Gasteiger partial charge in [-0.25, -0.2) is 29.9 Å². The van der Waals surface area contributed by atoms with E-state index in [0.717, 1.165) is 204 Å². The van der Waals surface area contributed by atoms with Crippen molar-refractivity contribution in [2.45, 2.75) is 0 Å². The smallest absolute Gasteiger partial charge is 0.164 e. The van der Waals surface area contributed by atoms with E-state index in [0.29, 0.717) is 34.9 Å². The molecule has 0 aliphatic rings. The number of hydrogen-bond acceptors (Lipinski definition) is 8. The molecule has 6 heterocycles. The summed E-state index contributed by atoms with van der Waals surface area (Å²) < 4.78 is 18.6. The first-order valence-electron chi connectivity index (χ1n) is 46.1. The Bertz CT molecular complexity index is 9780. The molecule has 10 heteroatoms. The standard InChI is InChI=1S/C126H74N8O2/c1-3-19-75(20-4-1)78-35-42-83(43-36-78)121-127-122(84-44-37-79(38-45-84)76-21-5-2-6-22-76)129-125(128-121)96-52-59-112(134-114-73-89-30-12-10-28-87(89)67-108(114)104-58-50-82-25-14-16-32-100(82)120(104)134)106(70-96)93-55-62-117-110(69-93)102-56-51-91(74-118(102)136-117)90-46-39-80-41-48-95(65-98(80)64-90)124-130-123(94-47-40-77-23-7-8-26-85(77)63-94)131-126(132-124)97-53-60-111(105(71-97)92-54-61-116-109(68-92)101-33-17-18-34-115(101)135-116)133-113-72-88-29-11-9-27-86(88)66-107(113)103-57-49-81-24-13-15-31-99(81)119(103)133/h1-74H. The van der Waals surface area contributed by atoms with Gasteiger partial charge >= 0.3 is 0 Å². The van der Waals surface area contributed by atoms with Crippen LogP contribution < -0.4 is 0 Å².